The lowest BCUT2D eigenvalue weighted by Gasteiger charge is -2.16. The van der Waals surface area contributed by atoms with E-state index in [0.717, 1.165) is 31.5 Å². The van der Waals surface area contributed by atoms with E-state index in [1.165, 1.54) is 0 Å². The quantitative estimate of drug-likeness (QED) is 0.861. The minimum atomic E-state index is 0.0123. The maximum atomic E-state index is 11.7. The predicted molar refractivity (Wildman–Crippen MR) is 63.8 cm³/mol. The molecule has 0 aromatic carbocycles. The Hall–Kier alpha value is -1.78. The topological polar surface area (TPSA) is 54.5 Å². The van der Waals surface area contributed by atoms with Crippen LogP contribution >= 0.6 is 0 Å². The SMILES string of the molecule is COc1cc(CNC(=O)N2CCCC2)ccn1. The smallest absolute Gasteiger partial charge is 0.317 e. The average Bonchev–Trinajstić information content (AvgIpc) is 2.90. The summed E-state index contributed by atoms with van der Waals surface area (Å²) < 4.78 is 5.03. The van der Waals surface area contributed by atoms with Crippen molar-refractivity contribution in [1.82, 2.24) is 15.2 Å². The number of likely N-dealkylation sites (tertiary alicyclic amines) is 1. The molecule has 1 aliphatic rings. The van der Waals surface area contributed by atoms with E-state index in [1.807, 2.05) is 17.0 Å². The van der Waals surface area contributed by atoms with Gasteiger partial charge in [0.1, 0.15) is 0 Å². The zero-order valence-corrected chi connectivity index (χ0v) is 9.98. The number of carbonyl (C=O) groups excluding carboxylic acids is 1. The molecule has 5 nitrogen and oxygen atoms in total. The molecule has 0 spiro atoms. The summed E-state index contributed by atoms with van der Waals surface area (Å²) in [6.45, 7) is 2.24. The van der Waals surface area contributed by atoms with Crippen molar-refractivity contribution in [3.05, 3.63) is 23.9 Å². The highest BCUT2D eigenvalue weighted by Gasteiger charge is 2.16. The number of ether oxygens (including phenoxy) is 1. The molecule has 1 fully saturated rings. The second-order valence-electron chi connectivity index (χ2n) is 4.06. The Labute approximate surface area is 101 Å². The first kappa shape index (κ1) is 11.7. The highest BCUT2D eigenvalue weighted by Crippen LogP contribution is 2.10. The van der Waals surface area contributed by atoms with E-state index in [4.69, 9.17) is 4.74 Å². The molecule has 0 saturated carbocycles. The van der Waals surface area contributed by atoms with Gasteiger partial charge in [-0.1, -0.05) is 0 Å². The van der Waals surface area contributed by atoms with Gasteiger partial charge in [0.15, 0.2) is 0 Å². The average molecular weight is 235 g/mol. The monoisotopic (exact) mass is 235 g/mol. The van der Waals surface area contributed by atoms with Crippen LogP contribution in [-0.2, 0) is 6.54 Å². The van der Waals surface area contributed by atoms with E-state index >= 15 is 0 Å². The van der Waals surface area contributed by atoms with Gasteiger partial charge in [0.25, 0.3) is 0 Å². The number of hydrogen-bond acceptors (Lipinski definition) is 3. The number of pyridine rings is 1. The van der Waals surface area contributed by atoms with Crippen molar-refractivity contribution in [1.29, 1.82) is 0 Å². The number of urea groups is 1. The molecule has 2 heterocycles. The number of methoxy groups -OCH3 is 1. The number of carbonyl (C=O) groups is 1. The van der Waals surface area contributed by atoms with E-state index in [-0.39, 0.29) is 6.03 Å². The van der Waals surface area contributed by atoms with E-state index in [2.05, 4.69) is 10.3 Å². The minimum absolute atomic E-state index is 0.0123. The van der Waals surface area contributed by atoms with E-state index < -0.39 is 0 Å². The first-order valence-electron chi connectivity index (χ1n) is 5.81. The van der Waals surface area contributed by atoms with Crippen LogP contribution in [0.4, 0.5) is 4.79 Å². The molecular formula is C12H17N3O2. The number of aromatic nitrogens is 1. The Bertz CT molecular complexity index is 389. The fraction of sp³-hybridized carbons (Fsp3) is 0.500. The number of nitrogens with zero attached hydrogens (tertiary/aromatic N) is 2. The molecule has 0 atom stereocenters. The first-order chi connectivity index (χ1) is 8.29. The van der Waals surface area contributed by atoms with Crippen LogP contribution in [0.5, 0.6) is 5.88 Å². The number of rotatable bonds is 3. The summed E-state index contributed by atoms with van der Waals surface area (Å²) >= 11 is 0. The molecule has 5 heteroatoms. The molecule has 0 radical (unpaired) electrons. The first-order valence-corrected chi connectivity index (χ1v) is 5.81. The van der Waals surface area contributed by atoms with Gasteiger partial charge in [-0.3, -0.25) is 0 Å². The molecule has 0 aliphatic carbocycles. The third-order valence-electron chi connectivity index (χ3n) is 2.85. The van der Waals surface area contributed by atoms with Crippen molar-refractivity contribution in [2.45, 2.75) is 19.4 Å². The lowest BCUT2D eigenvalue weighted by molar-refractivity contribution is 0.208. The van der Waals surface area contributed by atoms with Crippen molar-refractivity contribution in [2.24, 2.45) is 0 Å². The van der Waals surface area contributed by atoms with Gasteiger partial charge in [-0.15, -0.1) is 0 Å². The van der Waals surface area contributed by atoms with Crippen LogP contribution in [0.3, 0.4) is 0 Å². The summed E-state index contributed by atoms with van der Waals surface area (Å²) in [6.07, 6.45) is 3.89. The van der Waals surface area contributed by atoms with Gasteiger partial charge in [-0.25, -0.2) is 9.78 Å². The second kappa shape index (κ2) is 5.52. The summed E-state index contributed by atoms with van der Waals surface area (Å²) in [5.41, 5.74) is 0.990. The molecule has 1 aromatic heterocycles. The highest BCUT2D eigenvalue weighted by atomic mass is 16.5. The van der Waals surface area contributed by atoms with Crippen LogP contribution in [0, 0.1) is 0 Å². The third kappa shape index (κ3) is 3.09. The molecule has 17 heavy (non-hydrogen) atoms. The Balaban J connectivity index is 1.86. The van der Waals surface area contributed by atoms with Gasteiger partial charge in [-0.05, 0) is 24.5 Å². The lowest BCUT2D eigenvalue weighted by atomic mass is 10.2. The van der Waals surface area contributed by atoms with Crippen LogP contribution in [0.1, 0.15) is 18.4 Å². The molecule has 0 unspecified atom stereocenters. The maximum absolute atomic E-state index is 11.7. The van der Waals surface area contributed by atoms with Crippen molar-refractivity contribution >= 4 is 6.03 Å². The summed E-state index contributed by atoms with van der Waals surface area (Å²) in [5, 5.41) is 2.90. The van der Waals surface area contributed by atoms with Gasteiger partial charge >= 0.3 is 6.03 Å². The Morgan fingerprint density at radius 2 is 2.29 bits per heavy atom. The summed E-state index contributed by atoms with van der Waals surface area (Å²) in [4.78, 5) is 17.6. The van der Waals surface area contributed by atoms with Crippen molar-refractivity contribution in [3.63, 3.8) is 0 Å². The third-order valence-corrected chi connectivity index (χ3v) is 2.85. The molecule has 1 aliphatic heterocycles. The number of amides is 2. The van der Waals surface area contributed by atoms with Gasteiger partial charge < -0.3 is 15.0 Å². The maximum Gasteiger partial charge on any atom is 0.317 e. The molecule has 2 rings (SSSR count). The predicted octanol–water partition coefficient (Wildman–Crippen LogP) is 1.40. The Morgan fingerprint density at radius 3 is 3.00 bits per heavy atom. The van der Waals surface area contributed by atoms with E-state index in [1.54, 1.807) is 13.3 Å². The van der Waals surface area contributed by atoms with Crippen LogP contribution in [-0.4, -0.2) is 36.1 Å². The minimum Gasteiger partial charge on any atom is -0.481 e. The molecule has 0 bridgehead atoms. The van der Waals surface area contributed by atoms with Gasteiger partial charge in [0, 0.05) is 31.9 Å². The molecular weight excluding hydrogens is 218 g/mol. The van der Waals surface area contributed by atoms with Gasteiger partial charge in [0.2, 0.25) is 5.88 Å². The van der Waals surface area contributed by atoms with Crippen LogP contribution in [0.15, 0.2) is 18.3 Å². The van der Waals surface area contributed by atoms with Crippen LogP contribution in [0.2, 0.25) is 0 Å². The number of hydrogen-bond donors (Lipinski definition) is 1. The fourth-order valence-corrected chi connectivity index (χ4v) is 1.88. The van der Waals surface area contributed by atoms with E-state index in [9.17, 15) is 4.79 Å². The second-order valence-corrected chi connectivity index (χ2v) is 4.06. The van der Waals surface area contributed by atoms with Crippen molar-refractivity contribution in [2.75, 3.05) is 20.2 Å². The van der Waals surface area contributed by atoms with Crippen molar-refractivity contribution < 1.29 is 9.53 Å². The van der Waals surface area contributed by atoms with Crippen molar-refractivity contribution in [3.8, 4) is 5.88 Å². The Kier molecular flexibility index (Phi) is 3.80. The largest absolute Gasteiger partial charge is 0.481 e. The molecule has 1 N–H and O–H groups in total. The van der Waals surface area contributed by atoms with Gasteiger partial charge in [-0.2, -0.15) is 0 Å². The molecule has 1 saturated heterocycles. The molecule has 92 valence electrons. The summed E-state index contributed by atoms with van der Waals surface area (Å²) in [7, 11) is 1.58. The molecule has 1 aromatic rings. The Morgan fingerprint density at radius 1 is 1.53 bits per heavy atom. The van der Waals surface area contributed by atoms with Crippen LogP contribution in [0.25, 0.3) is 0 Å². The zero-order chi connectivity index (χ0) is 12.1. The summed E-state index contributed by atoms with van der Waals surface area (Å²) in [6, 6.07) is 3.70. The fourth-order valence-electron chi connectivity index (χ4n) is 1.88. The number of nitrogens with one attached hydrogen (secondary N) is 1. The van der Waals surface area contributed by atoms with E-state index in [0.29, 0.717) is 12.4 Å². The highest BCUT2D eigenvalue weighted by molar-refractivity contribution is 5.74. The van der Waals surface area contributed by atoms with Gasteiger partial charge in [0.05, 0.1) is 7.11 Å². The normalized spacial score (nSPS) is 14.8. The van der Waals surface area contributed by atoms with Crippen LogP contribution < -0.4 is 10.1 Å². The zero-order valence-electron chi connectivity index (χ0n) is 9.98. The summed E-state index contributed by atoms with van der Waals surface area (Å²) in [5.74, 6) is 0.568. The lowest BCUT2D eigenvalue weighted by Crippen LogP contribution is -2.37. The standard InChI is InChI=1S/C12H17N3O2/c1-17-11-8-10(4-5-13-11)9-14-12(16)15-6-2-3-7-15/h4-5,8H,2-3,6-7,9H2,1H3,(H,14,16). The molecule has 2 amide bonds.